The molecule has 5 nitrogen and oxygen atoms in total. The summed E-state index contributed by atoms with van der Waals surface area (Å²) in [6, 6.07) is 6.63. The van der Waals surface area contributed by atoms with Crippen LogP contribution in [0.25, 0.3) is 0 Å². The molecule has 21 heavy (non-hydrogen) atoms. The average Bonchev–Trinajstić information content (AvgIpc) is 2.54. The lowest BCUT2D eigenvalue weighted by Gasteiger charge is -2.32. The minimum absolute atomic E-state index is 0.0390. The highest BCUT2D eigenvalue weighted by molar-refractivity contribution is 6.07. The van der Waals surface area contributed by atoms with Crippen LogP contribution < -0.4 is 10.3 Å². The smallest absolute Gasteiger partial charge is 0.240 e. The van der Waals surface area contributed by atoms with Crippen LogP contribution in [0.15, 0.2) is 23.3 Å². The van der Waals surface area contributed by atoms with Crippen LogP contribution in [0, 0.1) is 5.92 Å². The van der Waals surface area contributed by atoms with Crippen LogP contribution in [-0.2, 0) is 16.0 Å². The molecule has 1 saturated heterocycles. The monoisotopic (exact) mass is 285 g/mol. The van der Waals surface area contributed by atoms with Crippen molar-refractivity contribution in [2.24, 2.45) is 11.0 Å². The zero-order valence-corrected chi connectivity index (χ0v) is 12.0. The molecule has 1 N–H and O–H groups in total. The molecule has 4 rings (SSSR count). The van der Waals surface area contributed by atoms with E-state index in [0.29, 0.717) is 12.3 Å². The fourth-order valence-corrected chi connectivity index (χ4v) is 3.48. The molecule has 2 aliphatic heterocycles. The Balaban J connectivity index is 1.66. The lowest BCUT2D eigenvalue weighted by Crippen LogP contribution is -2.37. The standard InChI is InChI=1S/C16H19N3O2/c20-15-10-12-2-1-11-9-13(19-5-7-21-8-6-19)3-4-14(11)16(12)18-17-15/h3-4,9,12H,1-2,5-8,10H2,(H,17,20)/t12-/m1/s1. The number of amides is 1. The van der Waals surface area contributed by atoms with Crippen LogP contribution in [0.4, 0.5) is 5.69 Å². The number of fused-ring (bicyclic) bond motifs is 3. The molecule has 1 fully saturated rings. The Morgan fingerprint density at radius 2 is 2.14 bits per heavy atom. The zero-order chi connectivity index (χ0) is 14.2. The number of rotatable bonds is 1. The van der Waals surface area contributed by atoms with E-state index in [9.17, 15) is 4.79 Å². The van der Waals surface area contributed by atoms with Crippen molar-refractivity contribution in [3.8, 4) is 0 Å². The first-order chi connectivity index (χ1) is 10.3. The highest BCUT2D eigenvalue weighted by Crippen LogP contribution is 2.32. The van der Waals surface area contributed by atoms with Gasteiger partial charge in [-0.05, 0) is 30.5 Å². The number of hydrogen-bond acceptors (Lipinski definition) is 4. The van der Waals surface area contributed by atoms with Crippen LogP contribution in [0.1, 0.15) is 24.0 Å². The Kier molecular flexibility index (Phi) is 3.15. The van der Waals surface area contributed by atoms with Crippen molar-refractivity contribution >= 4 is 17.3 Å². The molecule has 0 saturated carbocycles. The van der Waals surface area contributed by atoms with E-state index in [4.69, 9.17) is 4.74 Å². The fourth-order valence-electron chi connectivity index (χ4n) is 3.48. The number of hydrazone groups is 1. The second-order valence-corrected chi connectivity index (χ2v) is 5.91. The molecule has 1 aromatic rings. The second kappa shape index (κ2) is 5.15. The lowest BCUT2D eigenvalue weighted by molar-refractivity contribution is -0.122. The van der Waals surface area contributed by atoms with Gasteiger partial charge in [-0.2, -0.15) is 5.10 Å². The fraction of sp³-hybridized carbons (Fsp3) is 0.500. The maximum atomic E-state index is 11.5. The summed E-state index contributed by atoms with van der Waals surface area (Å²) in [6.45, 7) is 3.52. The van der Waals surface area contributed by atoms with Gasteiger partial charge < -0.3 is 9.64 Å². The maximum absolute atomic E-state index is 11.5. The number of nitrogens with one attached hydrogen (secondary N) is 1. The highest BCUT2D eigenvalue weighted by atomic mass is 16.5. The first-order valence-electron chi connectivity index (χ1n) is 7.64. The Labute approximate surface area is 124 Å². The largest absolute Gasteiger partial charge is 0.378 e. The van der Waals surface area contributed by atoms with Gasteiger partial charge in [-0.1, -0.05) is 6.07 Å². The van der Waals surface area contributed by atoms with Gasteiger partial charge in [0, 0.05) is 36.7 Å². The number of ether oxygens (including phenoxy) is 1. The third-order valence-electron chi connectivity index (χ3n) is 4.62. The van der Waals surface area contributed by atoms with Crippen molar-refractivity contribution in [1.82, 2.24) is 5.43 Å². The van der Waals surface area contributed by atoms with Crippen LogP contribution in [-0.4, -0.2) is 37.9 Å². The Bertz CT molecular complexity index is 606. The molecular weight excluding hydrogens is 266 g/mol. The number of hydrogen-bond donors (Lipinski definition) is 1. The summed E-state index contributed by atoms with van der Waals surface area (Å²) in [5, 5.41) is 4.30. The number of anilines is 1. The van der Waals surface area contributed by atoms with Crippen molar-refractivity contribution in [1.29, 1.82) is 0 Å². The Morgan fingerprint density at radius 3 is 3.00 bits per heavy atom. The Morgan fingerprint density at radius 1 is 1.29 bits per heavy atom. The van der Waals surface area contributed by atoms with Crippen molar-refractivity contribution in [3.63, 3.8) is 0 Å². The van der Waals surface area contributed by atoms with Gasteiger partial charge in [0.1, 0.15) is 0 Å². The van der Waals surface area contributed by atoms with Crippen LogP contribution in [0.5, 0.6) is 0 Å². The molecule has 5 heteroatoms. The Hall–Kier alpha value is -1.88. The molecule has 1 atom stereocenters. The molecule has 0 aromatic heterocycles. The quantitative estimate of drug-likeness (QED) is 0.846. The lowest BCUT2D eigenvalue weighted by atomic mass is 9.79. The summed E-state index contributed by atoms with van der Waals surface area (Å²) in [6.07, 6.45) is 2.62. The van der Waals surface area contributed by atoms with Crippen LogP contribution >= 0.6 is 0 Å². The second-order valence-electron chi connectivity index (χ2n) is 5.91. The SMILES string of the molecule is O=C1C[C@H]2CCc3cc(N4CCOCC4)ccc3C2=NN1. The van der Waals surface area contributed by atoms with E-state index in [1.165, 1.54) is 16.8 Å². The molecule has 2 heterocycles. The van der Waals surface area contributed by atoms with Gasteiger partial charge >= 0.3 is 0 Å². The molecule has 0 bridgehead atoms. The van der Waals surface area contributed by atoms with E-state index in [-0.39, 0.29) is 5.91 Å². The van der Waals surface area contributed by atoms with Crippen molar-refractivity contribution in [3.05, 3.63) is 29.3 Å². The highest BCUT2D eigenvalue weighted by Gasteiger charge is 2.30. The molecule has 1 aromatic carbocycles. The van der Waals surface area contributed by atoms with Gasteiger partial charge in [-0.15, -0.1) is 0 Å². The minimum Gasteiger partial charge on any atom is -0.378 e. The predicted molar refractivity (Wildman–Crippen MR) is 80.6 cm³/mol. The summed E-state index contributed by atoms with van der Waals surface area (Å²) in [5.74, 6) is 0.331. The molecule has 0 spiro atoms. The third-order valence-corrected chi connectivity index (χ3v) is 4.62. The molecule has 0 unspecified atom stereocenters. The van der Waals surface area contributed by atoms with Crippen LogP contribution in [0.3, 0.4) is 0 Å². The van der Waals surface area contributed by atoms with Crippen molar-refractivity contribution < 1.29 is 9.53 Å². The molecule has 1 aliphatic carbocycles. The summed E-state index contributed by atoms with van der Waals surface area (Å²) in [4.78, 5) is 13.8. The molecular formula is C16H19N3O2. The van der Waals surface area contributed by atoms with Crippen molar-refractivity contribution in [2.75, 3.05) is 31.2 Å². The zero-order valence-electron chi connectivity index (χ0n) is 12.0. The normalized spacial score (nSPS) is 24.8. The van der Waals surface area contributed by atoms with E-state index >= 15 is 0 Å². The topological polar surface area (TPSA) is 53.9 Å². The van der Waals surface area contributed by atoms with E-state index in [0.717, 1.165) is 44.9 Å². The molecule has 0 radical (unpaired) electrons. The van der Waals surface area contributed by atoms with Gasteiger partial charge in [-0.25, -0.2) is 5.43 Å². The summed E-state index contributed by atoms with van der Waals surface area (Å²) >= 11 is 0. The van der Waals surface area contributed by atoms with E-state index in [1.807, 2.05) is 0 Å². The van der Waals surface area contributed by atoms with Crippen molar-refractivity contribution in [2.45, 2.75) is 19.3 Å². The first-order valence-corrected chi connectivity index (χ1v) is 7.64. The average molecular weight is 285 g/mol. The maximum Gasteiger partial charge on any atom is 0.240 e. The number of carbonyl (C=O) groups excluding carboxylic acids is 1. The summed E-state index contributed by atoms with van der Waals surface area (Å²) < 4.78 is 5.41. The summed E-state index contributed by atoms with van der Waals surface area (Å²) in [5.41, 5.74) is 7.52. The van der Waals surface area contributed by atoms with E-state index in [1.54, 1.807) is 0 Å². The summed E-state index contributed by atoms with van der Waals surface area (Å²) in [7, 11) is 0. The van der Waals surface area contributed by atoms with E-state index < -0.39 is 0 Å². The minimum atomic E-state index is 0.0390. The third kappa shape index (κ3) is 2.31. The van der Waals surface area contributed by atoms with E-state index in [2.05, 4.69) is 33.6 Å². The van der Waals surface area contributed by atoms with Gasteiger partial charge in [0.2, 0.25) is 5.91 Å². The molecule has 1 amide bonds. The van der Waals surface area contributed by atoms with Gasteiger partial charge in [-0.3, -0.25) is 4.79 Å². The number of benzene rings is 1. The number of nitrogens with zero attached hydrogens (tertiary/aromatic N) is 2. The number of carbonyl (C=O) groups is 1. The van der Waals surface area contributed by atoms with Gasteiger partial charge in [0.15, 0.2) is 0 Å². The van der Waals surface area contributed by atoms with Crippen LogP contribution in [0.2, 0.25) is 0 Å². The molecule has 110 valence electrons. The predicted octanol–water partition coefficient (Wildman–Crippen LogP) is 1.31. The number of morpholine rings is 1. The molecule has 3 aliphatic rings. The first kappa shape index (κ1) is 12.8. The van der Waals surface area contributed by atoms with Gasteiger partial charge in [0.25, 0.3) is 0 Å². The van der Waals surface area contributed by atoms with Gasteiger partial charge in [0.05, 0.1) is 18.9 Å². The number of aryl methyl sites for hydroxylation is 1.